The fourth-order valence-corrected chi connectivity index (χ4v) is 3.44. The van der Waals surface area contributed by atoms with E-state index in [1.807, 2.05) is 35.3 Å². The first-order chi connectivity index (χ1) is 15.6. The van der Waals surface area contributed by atoms with E-state index < -0.39 is 23.8 Å². The van der Waals surface area contributed by atoms with Crippen molar-refractivity contribution >= 4 is 24.2 Å². The van der Waals surface area contributed by atoms with E-state index in [0.717, 1.165) is 18.3 Å². The van der Waals surface area contributed by atoms with Crippen molar-refractivity contribution in [3.05, 3.63) is 35.9 Å². The second-order valence-corrected chi connectivity index (χ2v) is 9.03. The molecule has 1 aromatic rings. The lowest BCUT2D eigenvalue weighted by atomic mass is 10.0. The molecule has 33 heavy (non-hydrogen) atoms. The molecular formula is C23H36N6O4. The van der Waals surface area contributed by atoms with E-state index in [4.69, 9.17) is 16.2 Å². The Kier molecular flexibility index (Phi) is 9.65. The van der Waals surface area contributed by atoms with Crippen molar-refractivity contribution in [2.45, 2.75) is 64.1 Å². The van der Waals surface area contributed by atoms with Crippen LogP contribution in [0.5, 0.6) is 0 Å². The van der Waals surface area contributed by atoms with Gasteiger partial charge >= 0.3 is 6.09 Å². The highest BCUT2D eigenvalue weighted by molar-refractivity contribution is 5.87. The number of alkyl carbamates (subject to hydrolysis) is 1. The Balaban J connectivity index is 2.23. The average molecular weight is 461 g/mol. The molecular weight excluding hydrogens is 424 g/mol. The molecule has 10 nitrogen and oxygen atoms in total. The number of nitrogens with zero attached hydrogens (tertiary/aromatic N) is 3. The van der Waals surface area contributed by atoms with Crippen LogP contribution in [0, 0.1) is 0 Å². The smallest absolute Gasteiger partial charge is 0.408 e. The van der Waals surface area contributed by atoms with Crippen LogP contribution in [0.25, 0.3) is 0 Å². The Hall–Kier alpha value is -3.14. The SMILES string of the molecule is CC(C)(C)OC(=O)N[C@H](Cc1ccccc1)C(=O)N([C@H](C=O)CCCN=C(N)N)N1CCC1. The van der Waals surface area contributed by atoms with Gasteiger partial charge in [-0.1, -0.05) is 30.3 Å². The molecule has 0 aromatic heterocycles. The largest absolute Gasteiger partial charge is 0.444 e. The quantitative estimate of drug-likeness (QED) is 0.195. The fourth-order valence-electron chi connectivity index (χ4n) is 3.44. The molecule has 2 amide bonds. The number of guanidine groups is 1. The van der Waals surface area contributed by atoms with Gasteiger partial charge < -0.3 is 26.3 Å². The topological polar surface area (TPSA) is 143 Å². The van der Waals surface area contributed by atoms with Crippen LogP contribution in [0.1, 0.15) is 45.6 Å². The molecule has 5 N–H and O–H groups in total. The van der Waals surface area contributed by atoms with Gasteiger partial charge in [0.25, 0.3) is 5.91 Å². The zero-order chi connectivity index (χ0) is 24.4. The lowest BCUT2D eigenvalue weighted by molar-refractivity contribution is -0.168. The summed E-state index contributed by atoms with van der Waals surface area (Å²) in [5.41, 5.74) is 10.9. The normalized spacial score (nSPS) is 15.5. The summed E-state index contributed by atoms with van der Waals surface area (Å²) in [6.45, 7) is 6.95. The van der Waals surface area contributed by atoms with Crippen LogP contribution in [-0.4, -0.2) is 71.6 Å². The van der Waals surface area contributed by atoms with Gasteiger partial charge in [-0.3, -0.25) is 14.8 Å². The predicted molar refractivity (Wildman–Crippen MR) is 126 cm³/mol. The molecule has 0 spiro atoms. The summed E-state index contributed by atoms with van der Waals surface area (Å²) in [5.74, 6) is -0.374. The van der Waals surface area contributed by atoms with Crippen LogP contribution in [-0.2, 0) is 20.7 Å². The zero-order valence-corrected chi connectivity index (χ0v) is 19.7. The summed E-state index contributed by atoms with van der Waals surface area (Å²) in [6.07, 6.45) is 2.19. The number of ether oxygens (including phenoxy) is 1. The molecule has 2 rings (SSSR count). The molecule has 0 aliphatic carbocycles. The lowest BCUT2D eigenvalue weighted by Crippen LogP contribution is -2.62. The number of hydrogen-bond donors (Lipinski definition) is 3. The highest BCUT2D eigenvalue weighted by Gasteiger charge is 2.37. The van der Waals surface area contributed by atoms with Gasteiger partial charge in [-0.05, 0) is 45.6 Å². The summed E-state index contributed by atoms with van der Waals surface area (Å²) in [4.78, 5) is 42.2. The number of carbonyl (C=O) groups excluding carboxylic acids is 3. The summed E-state index contributed by atoms with van der Waals surface area (Å²) < 4.78 is 5.38. The monoisotopic (exact) mass is 460 g/mol. The molecule has 1 aliphatic rings. The van der Waals surface area contributed by atoms with Crippen molar-refractivity contribution in [1.82, 2.24) is 15.3 Å². The van der Waals surface area contributed by atoms with Crippen molar-refractivity contribution < 1.29 is 19.1 Å². The van der Waals surface area contributed by atoms with Gasteiger partial charge in [0, 0.05) is 26.1 Å². The fraction of sp³-hybridized carbons (Fsp3) is 0.565. The molecule has 10 heteroatoms. The van der Waals surface area contributed by atoms with Crippen molar-refractivity contribution in [2.75, 3.05) is 19.6 Å². The maximum Gasteiger partial charge on any atom is 0.408 e. The molecule has 1 heterocycles. The van der Waals surface area contributed by atoms with Gasteiger partial charge in [0.2, 0.25) is 0 Å². The first kappa shape index (κ1) is 26.1. The Morgan fingerprint density at radius 1 is 1.24 bits per heavy atom. The first-order valence-electron chi connectivity index (χ1n) is 11.2. The summed E-state index contributed by atoms with van der Waals surface area (Å²) in [6, 6.07) is 7.81. The number of aldehydes is 1. The van der Waals surface area contributed by atoms with Gasteiger partial charge in [0.15, 0.2) is 5.96 Å². The van der Waals surface area contributed by atoms with Crippen LogP contribution in [0.2, 0.25) is 0 Å². The van der Waals surface area contributed by atoms with E-state index in [1.165, 1.54) is 5.01 Å². The maximum atomic E-state index is 13.7. The Morgan fingerprint density at radius 2 is 1.91 bits per heavy atom. The van der Waals surface area contributed by atoms with E-state index in [9.17, 15) is 14.4 Å². The first-order valence-corrected chi connectivity index (χ1v) is 11.2. The van der Waals surface area contributed by atoms with Crippen molar-refractivity contribution in [1.29, 1.82) is 0 Å². The highest BCUT2D eigenvalue weighted by atomic mass is 16.6. The lowest BCUT2D eigenvalue weighted by Gasteiger charge is -2.45. The van der Waals surface area contributed by atoms with E-state index >= 15 is 0 Å². The third-order valence-corrected chi connectivity index (χ3v) is 5.06. The van der Waals surface area contributed by atoms with Gasteiger partial charge in [-0.2, -0.15) is 0 Å². The maximum absolute atomic E-state index is 13.7. The van der Waals surface area contributed by atoms with Crippen LogP contribution in [0.4, 0.5) is 4.79 Å². The molecule has 1 fully saturated rings. The molecule has 2 atom stereocenters. The Morgan fingerprint density at radius 3 is 2.42 bits per heavy atom. The minimum absolute atomic E-state index is 0.0159. The summed E-state index contributed by atoms with van der Waals surface area (Å²) >= 11 is 0. The van der Waals surface area contributed by atoms with Gasteiger partial charge in [-0.15, -0.1) is 0 Å². The number of rotatable bonds is 11. The number of nitrogens with two attached hydrogens (primary N) is 2. The molecule has 0 unspecified atom stereocenters. The van der Waals surface area contributed by atoms with E-state index in [1.54, 1.807) is 20.8 Å². The van der Waals surface area contributed by atoms with Crippen molar-refractivity contribution in [2.24, 2.45) is 16.5 Å². The Bertz CT molecular complexity index is 816. The molecule has 0 bridgehead atoms. The zero-order valence-electron chi connectivity index (χ0n) is 19.7. The molecule has 0 saturated carbocycles. The average Bonchev–Trinajstić information content (AvgIpc) is 2.69. The molecule has 182 valence electrons. The van der Waals surface area contributed by atoms with Gasteiger partial charge in [-0.25, -0.2) is 9.80 Å². The number of nitrogens with one attached hydrogen (secondary N) is 1. The van der Waals surface area contributed by atoms with Gasteiger partial charge in [0.1, 0.15) is 24.0 Å². The third-order valence-electron chi connectivity index (χ3n) is 5.06. The minimum Gasteiger partial charge on any atom is -0.444 e. The second-order valence-electron chi connectivity index (χ2n) is 9.03. The molecule has 1 saturated heterocycles. The minimum atomic E-state index is -0.900. The summed E-state index contributed by atoms with van der Waals surface area (Å²) in [5, 5.41) is 6.04. The van der Waals surface area contributed by atoms with Crippen LogP contribution in [0.3, 0.4) is 0 Å². The molecule has 0 radical (unpaired) electrons. The van der Waals surface area contributed by atoms with E-state index in [2.05, 4.69) is 10.3 Å². The van der Waals surface area contributed by atoms with Crippen LogP contribution in [0.15, 0.2) is 35.3 Å². The number of amides is 2. The number of carbonyl (C=O) groups is 3. The van der Waals surface area contributed by atoms with E-state index in [0.29, 0.717) is 32.5 Å². The molecule has 1 aromatic carbocycles. The number of benzene rings is 1. The predicted octanol–water partition coefficient (Wildman–Crippen LogP) is 1.19. The summed E-state index contributed by atoms with van der Waals surface area (Å²) in [7, 11) is 0. The number of hydrazine groups is 1. The molecule has 1 aliphatic heterocycles. The van der Waals surface area contributed by atoms with Gasteiger partial charge in [0.05, 0.1) is 0 Å². The van der Waals surface area contributed by atoms with Crippen molar-refractivity contribution in [3.8, 4) is 0 Å². The standard InChI is InChI=1S/C23H36N6O4/c1-23(2,3)33-22(32)27-19(15-17-9-5-4-6-10-17)20(31)29(28-13-8-14-28)18(16-30)11-7-12-26-21(24)25/h4-6,9-10,16,18-19H,7-8,11-15H2,1-3H3,(H,27,32)(H4,24,25,26)/t18-,19+/m0/s1. The van der Waals surface area contributed by atoms with Crippen LogP contribution < -0.4 is 16.8 Å². The second kappa shape index (κ2) is 12.2. The number of hydrogen-bond acceptors (Lipinski definition) is 6. The Labute approximate surface area is 195 Å². The highest BCUT2D eigenvalue weighted by Crippen LogP contribution is 2.19. The van der Waals surface area contributed by atoms with Crippen LogP contribution >= 0.6 is 0 Å². The number of aliphatic imine (C=N–C) groups is 1. The van der Waals surface area contributed by atoms with Crippen molar-refractivity contribution in [3.63, 3.8) is 0 Å². The van der Waals surface area contributed by atoms with E-state index in [-0.39, 0.29) is 18.3 Å². The third kappa shape index (κ3) is 8.72.